The van der Waals surface area contributed by atoms with Crippen molar-refractivity contribution >= 4 is 11.2 Å². The van der Waals surface area contributed by atoms with Gasteiger partial charge in [-0.2, -0.15) is 10.2 Å². The van der Waals surface area contributed by atoms with Crippen molar-refractivity contribution in [3.8, 4) is 11.9 Å². The van der Waals surface area contributed by atoms with Crippen LogP contribution in [0.15, 0.2) is 6.33 Å². The van der Waals surface area contributed by atoms with E-state index < -0.39 is 6.10 Å². The second-order valence-electron chi connectivity index (χ2n) is 5.98. The van der Waals surface area contributed by atoms with Crippen LogP contribution in [-0.4, -0.2) is 43.4 Å². The first-order valence-corrected chi connectivity index (χ1v) is 8.11. The molecule has 0 spiro atoms. The molecule has 1 saturated heterocycles. The van der Waals surface area contributed by atoms with E-state index >= 15 is 0 Å². The van der Waals surface area contributed by atoms with E-state index in [0.717, 1.165) is 6.42 Å². The Bertz CT molecular complexity index is 769. The van der Waals surface area contributed by atoms with Crippen molar-refractivity contribution in [2.45, 2.75) is 52.0 Å². The zero-order valence-corrected chi connectivity index (χ0v) is 14.0. The molecule has 0 radical (unpaired) electrons. The molecule has 3 heterocycles. The number of fused-ring (bicyclic) bond motifs is 1. The number of rotatable bonds is 5. The molecule has 0 amide bonds. The number of hydrogen-bond acceptors (Lipinski definition) is 7. The summed E-state index contributed by atoms with van der Waals surface area (Å²) in [5.41, 5.74) is 1.14. The van der Waals surface area contributed by atoms with E-state index in [-0.39, 0.29) is 31.3 Å². The highest BCUT2D eigenvalue weighted by Gasteiger charge is 2.41. The molecule has 0 aromatic carbocycles. The fourth-order valence-corrected chi connectivity index (χ4v) is 3.02. The highest BCUT2D eigenvalue weighted by molar-refractivity contribution is 5.76. The molecule has 3 rings (SSSR count). The average Bonchev–Trinajstić information content (AvgIpc) is 3.10. The van der Waals surface area contributed by atoms with Gasteiger partial charge in [0.2, 0.25) is 5.88 Å². The van der Waals surface area contributed by atoms with Crippen molar-refractivity contribution in [2.24, 2.45) is 5.92 Å². The lowest BCUT2D eigenvalue weighted by atomic mass is 10.0. The Labute approximate surface area is 140 Å². The summed E-state index contributed by atoms with van der Waals surface area (Å²) >= 11 is 0. The van der Waals surface area contributed by atoms with E-state index in [2.05, 4.69) is 15.0 Å². The lowest BCUT2D eigenvalue weighted by molar-refractivity contribution is -0.0210. The fourth-order valence-electron chi connectivity index (χ4n) is 3.02. The molecular formula is C16H21N5O3. The molecule has 1 unspecified atom stereocenters. The molecule has 24 heavy (non-hydrogen) atoms. The third-order valence-electron chi connectivity index (χ3n) is 4.31. The van der Waals surface area contributed by atoms with Crippen molar-refractivity contribution in [3.05, 3.63) is 12.2 Å². The van der Waals surface area contributed by atoms with Gasteiger partial charge in [-0.05, 0) is 13.3 Å². The molecule has 1 fully saturated rings. The largest absolute Gasteiger partial charge is 0.475 e. The number of nitrogens with zero attached hydrogens (tertiary/aromatic N) is 5. The zero-order valence-electron chi connectivity index (χ0n) is 14.0. The topological polar surface area (TPSA) is 106 Å². The van der Waals surface area contributed by atoms with E-state index in [1.54, 1.807) is 13.3 Å². The van der Waals surface area contributed by atoms with Gasteiger partial charge in [-0.1, -0.05) is 13.8 Å². The molecule has 0 saturated carbocycles. The Morgan fingerprint density at radius 1 is 1.46 bits per heavy atom. The summed E-state index contributed by atoms with van der Waals surface area (Å²) < 4.78 is 13.4. The summed E-state index contributed by atoms with van der Waals surface area (Å²) in [6.07, 6.45) is 1.60. The summed E-state index contributed by atoms with van der Waals surface area (Å²) in [6, 6.07) is 2.03. The maximum absolute atomic E-state index is 10.3. The number of imidazole rings is 1. The maximum Gasteiger partial charge on any atom is 0.245 e. The van der Waals surface area contributed by atoms with Crippen LogP contribution in [0.1, 0.15) is 38.7 Å². The quantitative estimate of drug-likeness (QED) is 0.832. The first-order chi connectivity index (χ1) is 11.6. The van der Waals surface area contributed by atoms with Crippen molar-refractivity contribution in [1.82, 2.24) is 19.5 Å². The lowest BCUT2D eigenvalue weighted by Crippen LogP contribution is -2.24. The van der Waals surface area contributed by atoms with Crippen LogP contribution >= 0.6 is 0 Å². The van der Waals surface area contributed by atoms with Gasteiger partial charge in [0, 0.05) is 5.92 Å². The summed E-state index contributed by atoms with van der Waals surface area (Å²) in [6.45, 7) is 5.97. The second-order valence-corrected chi connectivity index (χ2v) is 5.98. The molecule has 1 aliphatic rings. The molecule has 4 atom stereocenters. The van der Waals surface area contributed by atoms with Crippen molar-refractivity contribution in [2.75, 3.05) is 6.61 Å². The van der Waals surface area contributed by atoms with E-state index in [4.69, 9.17) is 14.7 Å². The maximum atomic E-state index is 10.3. The van der Waals surface area contributed by atoms with Gasteiger partial charge in [-0.25, -0.2) is 9.97 Å². The number of ether oxygens (including phenoxy) is 2. The van der Waals surface area contributed by atoms with Crippen LogP contribution in [0.3, 0.4) is 0 Å². The Morgan fingerprint density at radius 3 is 2.92 bits per heavy atom. The smallest absolute Gasteiger partial charge is 0.245 e. The highest BCUT2D eigenvalue weighted by Crippen LogP contribution is 2.37. The molecule has 0 aliphatic carbocycles. The Morgan fingerprint density at radius 2 is 2.25 bits per heavy atom. The molecule has 1 N–H and O–H groups in total. The van der Waals surface area contributed by atoms with E-state index in [9.17, 15) is 5.11 Å². The molecule has 1 aliphatic heterocycles. The van der Waals surface area contributed by atoms with Crippen LogP contribution in [0.2, 0.25) is 0 Å². The molecule has 0 bridgehead atoms. The minimum Gasteiger partial charge on any atom is -0.475 e. The Hall–Kier alpha value is -2.24. The van der Waals surface area contributed by atoms with E-state index in [1.165, 1.54) is 0 Å². The second kappa shape index (κ2) is 6.71. The van der Waals surface area contributed by atoms with Gasteiger partial charge >= 0.3 is 0 Å². The first-order valence-electron chi connectivity index (χ1n) is 8.11. The lowest BCUT2D eigenvalue weighted by Gasteiger charge is -2.17. The third kappa shape index (κ3) is 2.81. The summed E-state index contributed by atoms with van der Waals surface area (Å²) in [5, 5.41) is 18.9. The summed E-state index contributed by atoms with van der Waals surface area (Å²) in [5.74, 6) is 0.838. The van der Waals surface area contributed by atoms with Crippen molar-refractivity contribution < 1.29 is 14.6 Å². The summed E-state index contributed by atoms with van der Waals surface area (Å²) in [4.78, 5) is 13.1. The highest BCUT2D eigenvalue weighted by atomic mass is 16.5. The van der Waals surface area contributed by atoms with Gasteiger partial charge in [0.05, 0.1) is 31.0 Å². The Kier molecular flexibility index (Phi) is 4.64. The molecule has 8 heteroatoms. The zero-order chi connectivity index (χ0) is 17.3. The van der Waals surface area contributed by atoms with Gasteiger partial charge in [-0.3, -0.25) is 4.57 Å². The van der Waals surface area contributed by atoms with Crippen molar-refractivity contribution in [1.29, 1.82) is 5.26 Å². The third-order valence-corrected chi connectivity index (χ3v) is 4.31. The molecule has 2 aromatic heterocycles. The van der Waals surface area contributed by atoms with E-state index in [1.807, 2.05) is 24.5 Å². The number of aliphatic hydroxyl groups excluding tert-OH is 1. The van der Waals surface area contributed by atoms with Crippen LogP contribution in [0.25, 0.3) is 11.2 Å². The van der Waals surface area contributed by atoms with E-state index in [0.29, 0.717) is 22.9 Å². The monoisotopic (exact) mass is 331 g/mol. The number of aromatic nitrogens is 4. The minimum absolute atomic E-state index is 0.0782. The van der Waals surface area contributed by atoms with Crippen LogP contribution < -0.4 is 4.74 Å². The van der Waals surface area contributed by atoms with Gasteiger partial charge in [-0.15, -0.1) is 0 Å². The molecule has 128 valence electrons. The molecular weight excluding hydrogens is 310 g/mol. The van der Waals surface area contributed by atoms with Crippen molar-refractivity contribution in [3.63, 3.8) is 0 Å². The van der Waals surface area contributed by atoms with Crippen LogP contribution in [0.4, 0.5) is 0 Å². The first kappa shape index (κ1) is 16.6. The predicted molar refractivity (Wildman–Crippen MR) is 85.2 cm³/mol. The number of aliphatic hydroxyl groups is 1. The summed E-state index contributed by atoms with van der Waals surface area (Å²) in [7, 11) is 0. The SMILES string of the molecule is CC[C@H]1O[C@@H](n2cnc3c(OCCC#N)nc(C)nc32)C(C)[C@H]1O. The predicted octanol–water partition coefficient (Wildman–Crippen LogP) is 1.73. The van der Waals surface area contributed by atoms with Gasteiger partial charge in [0.15, 0.2) is 11.2 Å². The van der Waals surface area contributed by atoms with Crippen LogP contribution in [0.5, 0.6) is 5.88 Å². The fraction of sp³-hybridized carbons (Fsp3) is 0.625. The standard InChI is InChI=1S/C16H21N5O3/c1-4-11-13(22)9(2)16(24-11)21-8-18-12-14(21)19-10(3)20-15(12)23-7-5-6-17/h8-9,11,13,16,22H,4-5,7H2,1-3H3/t9?,11-,13-,16-/m1/s1. The van der Waals surface area contributed by atoms with Gasteiger partial charge in [0.25, 0.3) is 0 Å². The normalized spacial score (nSPS) is 26.6. The van der Waals surface area contributed by atoms with Crippen LogP contribution in [-0.2, 0) is 4.74 Å². The number of hydrogen-bond donors (Lipinski definition) is 1. The number of nitriles is 1. The number of aryl methyl sites for hydroxylation is 1. The van der Waals surface area contributed by atoms with Gasteiger partial charge in [0.1, 0.15) is 18.7 Å². The molecule has 2 aromatic rings. The van der Waals surface area contributed by atoms with Crippen LogP contribution in [0, 0.1) is 24.2 Å². The van der Waals surface area contributed by atoms with Gasteiger partial charge < -0.3 is 14.6 Å². The average molecular weight is 331 g/mol. The molecule has 8 nitrogen and oxygen atoms in total. The Balaban J connectivity index is 1.97. The minimum atomic E-state index is -0.522.